The van der Waals surface area contributed by atoms with Crippen molar-refractivity contribution in [3.63, 3.8) is 0 Å². The maximum Gasteiger partial charge on any atom is 2.00 e. The molecular formula is H9Ca3N3O8P2. The molecule has 0 bridgehead atoms. The quantitative estimate of drug-likeness (QED) is 0.269. The molecule has 0 heterocycles. The molecule has 9 N–H and O–H groups in total. The van der Waals surface area contributed by atoms with Crippen LogP contribution in [0.15, 0.2) is 0 Å². The van der Waals surface area contributed by atoms with Crippen molar-refractivity contribution < 1.29 is 38.5 Å². The van der Waals surface area contributed by atoms with Crippen LogP contribution in [0.3, 0.4) is 0 Å². The number of hydrogen-bond donors (Lipinski definition) is 3. The molecule has 0 rings (SSSR count). The Morgan fingerprint density at radius 2 is 0.500 bits per heavy atom. The predicted octanol–water partition coefficient (Wildman–Crippen LogP) is -6.31. The zero-order valence-electron chi connectivity index (χ0n) is 8.40. The van der Waals surface area contributed by atoms with Gasteiger partial charge in [0.25, 0.3) is 0 Å². The molecule has 0 saturated heterocycles. The van der Waals surface area contributed by atoms with Crippen molar-refractivity contribution in [2.75, 3.05) is 0 Å². The summed E-state index contributed by atoms with van der Waals surface area (Å²) in [4.78, 5) is 51.3. The van der Waals surface area contributed by atoms with Crippen molar-refractivity contribution >= 4 is 129 Å². The van der Waals surface area contributed by atoms with Crippen LogP contribution in [0.2, 0.25) is 0 Å². The molecule has 0 spiro atoms. The maximum absolute atomic E-state index is 8.55. The number of hydrogen-bond acceptors (Lipinski definition) is 11. The second-order valence-corrected chi connectivity index (χ2v) is 2.68. The molecule has 0 radical (unpaired) electrons. The molecule has 0 aliphatic rings. The van der Waals surface area contributed by atoms with Gasteiger partial charge in [0.05, 0.1) is 0 Å². The molecule has 0 aromatic heterocycles. The van der Waals surface area contributed by atoms with E-state index in [-0.39, 0.29) is 132 Å². The van der Waals surface area contributed by atoms with Gasteiger partial charge >= 0.3 is 113 Å². The monoisotopic (exact) mass is 361 g/mol. The van der Waals surface area contributed by atoms with E-state index in [0.717, 1.165) is 0 Å². The van der Waals surface area contributed by atoms with E-state index in [2.05, 4.69) is 0 Å². The van der Waals surface area contributed by atoms with Crippen LogP contribution < -0.4 is 47.8 Å². The Morgan fingerprint density at radius 3 is 0.500 bits per heavy atom. The summed E-state index contributed by atoms with van der Waals surface area (Å²) in [6.45, 7) is 0. The number of phosphoric acid groups is 2. The van der Waals surface area contributed by atoms with Gasteiger partial charge in [0, 0.05) is 0 Å². The van der Waals surface area contributed by atoms with Gasteiger partial charge in [0.2, 0.25) is 0 Å². The zero-order chi connectivity index (χ0) is 9.00. The van der Waals surface area contributed by atoms with Gasteiger partial charge < -0.3 is 56.9 Å². The molecule has 16 heteroatoms. The predicted molar refractivity (Wildman–Crippen MR) is 47.5 cm³/mol. The van der Waals surface area contributed by atoms with Gasteiger partial charge in [0.15, 0.2) is 0 Å². The molecule has 88 valence electrons. The summed E-state index contributed by atoms with van der Waals surface area (Å²) in [5.41, 5.74) is 0. The van der Waals surface area contributed by atoms with E-state index in [9.17, 15) is 0 Å². The van der Waals surface area contributed by atoms with E-state index < -0.39 is 15.6 Å². The van der Waals surface area contributed by atoms with Crippen LogP contribution in [0.4, 0.5) is 0 Å². The molecule has 0 saturated carbocycles. The minimum absolute atomic E-state index is 0. The third-order valence-electron chi connectivity index (χ3n) is 0. The van der Waals surface area contributed by atoms with Crippen LogP contribution in [0.25, 0.3) is 0 Å². The molecule has 0 fully saturated rings. The topological polar surface area (TPSA) is 278 Å². The maximum atomic E-state index is 8.55. The van der Waals surface area contributed by atoms with E-state index >= 15 is 0 Å². The first kappa shape index (κ1) is 50.2. The van der Waals surface area contributed by atoms with E-state index in [1.807, 2.05) is 0 Å². The van der Waals surface area contributed by atoms with Gasteiger partial charge in [-0.2, -0.15) is 15.6 Å². The molecule has 0 aromatic carbocycles. The van der Waals surface area contributed by atoms with E-state index in [1.165, 1.54) is 0 Å². The van der Waals surface area contributed by atoms with Crippen LogP contribution in [-0.4, -0.2) is 113 Å². The van der Waals surface area contributed by atoms with Crippen LogP contribution in [0.5, 0.6) is 0 Å². The first-order valence-electron chi connectivity index (χ1n) is 1.46. The Hall–Kier alpha value is 3.88. The second kappa shape index (κ2) is 23.9. The van der Waals surface area contributed by atoms with Crippen molar-refractivity contribution in [1.82, 2.24) is 18.5 Å². The Morgan fingerprint density at radius 1 is 0.500 bits per heavy atom. The van der Waals surface area contributed by atoms with Gasteiger partial charge in [-0.3, -0.25) is 0 Å². The largest absolute Gasteiger partial charge is 2.00 e. The van der Waals surface area contributed by atoms with Crippen LogP contribution in [0, 0.1) is 0 Å². The minimum Gasteiger partial charge on any atom is -0.822 e. The third-order valence-corrected chi connectivity index (χ3v) is 0. The summed E-state index contributed by atoms with van der Waals surface area (Å²) in [6.07, 6.45) is 0. The summed E-state index contributed by atoms with van der Waals surface area (Å²) in [6, 6.07) is 0. The van der Waals surface area contributed by atoms with Gasteiger partial charge in [-0.05, 0) is 0 Å². The molecule has 0 amide bonds. The van der Waals surface area contributed by atoms with Gasteiger partial charge in [-0.1, -0.05) is 0 Å². The molecule has 0 aromatic rings. The Bertz CT molecular complexity index is 141. The van der Waals surface area contributed by atoms with E-state index in [4.69, 9.17) is 38.5 Å². The molecular weight excluding hydrogens is 352 g/mol. The van der Waals surface area contributed by atoms with Crippen molar-refractivity contribution in [1.29, 1.82) is 0 Å². The fourth-order valence-corrected chi connectivity index (χ4v) is 0. The first-order chi connectivity index (χ1) is 4.00. The van der Waals surface area contributed by atoms with Crippen molar-refractivity contribution in [2.45, 2.75) is 0 Å². The molecule has 0 atom stereocenters. The Balaban J connectivity index is -0.00000000970. The van der Waals surface area contributed by atoms with Crippen molar-refractivity contribution in [3.8, 4) is 0 Å². The Kier molecular flexibility index (Phi) is 75.1. The van der Waals surface area contributed by atoms with Crippen LogP contribution >= 0.6 is 15.6 Å². The summed E-state index contributed by atoms with van der Waals surface area (Å²) in [5, 5.41) is 0. The van der Waals surface area contributed by atoms with Crippen LogP contribution in [0.1, 0.15) is 0 Å². The summed E-state index contributed by atoms with van der Waals surface area (Å²) >= 11 is 0. The molecule has 11 nitrogen and oxygen atoms in total. The minimum atomic E-state index is -5.39. The SMILES string of the molecule is N.N.N.O=P([O-])([O-])[O-].O=P([O-])([O-])[O-].[Ca+2].[Ca+2].[Ca+2]. The van der Waals surface area contributed by atoms with Gasteiger partial charge in [0.1, 0.15) is 0 Å². The van der Waals surface area contributed by atoms with Crippen molar-refractivity contribution in [2.24, 2.45) is 0 Å². The molecule has 0 unspecified atom stereocenters. The van der Waals surface area contributed by atoms with Gasteiger partial charge in [-0.15, -0.1) is 0 Å². The fraction of sp³-hybridized carbons (Fsp3) is 0. The Labute approximate surface area is 182 Å². The standard InChI is InChI=1S/3Ca.3H3N.2H3O4P/c;;;;;;2*1-5(2,3)4/h;;;3*1H3;2*(H3,1,2,3,4)/q3*+2;;;;;/p-6. The second-order valence-electron chi connectivity index (χ2n) is 0.894. The van der Waals surface area contributed by atoms with Crippen molar-refractivity contribution in [3.05, 3.63) is 0 Å². The smallest absolute Gasteiger partial charge is 0.822 e. The van der Waals surface area contributed by atoms with E-state index in [1.54, 1.807) is 0 Å². The molecule has 0 aliphatic carbocycles. The van der Waals surface area contributed by atoms with E-state index in [0.29, 0.717) is 0 Å². The fourth-order valence-electron chi connectivity index (χ4n) is 0. The summed E-state index contributed by atoms with van der Waals surface area (Å²) in [7, 11) is -10.8. The molecule has 16 heavy (non-hydrogen) atoms. The molecule has 0 aliphatic heterocycles. The number of rotatable bonds is 0. The van der Waals surface area contributed by atoms with Crippen LogP contribution in [-0.2, 0) is 9.13 Å². The third kappa shape index (κ3) is 339. The zero-order valence-corrected chi connectivity index (χ0v) is 16.8. The average molecular weight is 361 g/mol. The first-order valence-corrected chi connectivity index (χ1v) is 4.38. The van der Waals surface area contributed by atoms with Gasteiger partial charge in [-0.25, -0.2) is 0 Å². The summed E-state index contributed by atoms with van der Waals surface area (Å²) in [5.74, 6) is 0. The average Bonchev–Trinajstić information content (AvgIpc) is 1.12. The normalized spacial score (nSPS) is 7.38. The summed E-state index contributed by atoms with van der Waals surface area (Å²) < 4.78 is 17.1.